The Morgan fingerprint density at radius 1 is 1.13 bits per heavy atom. The van der Waals surface area contributed by atoms with Crippen LogP contribution in [-0.2, 0) is 16.1 Å². The summed E-state index contributed by atoms with van der Waals surface area (Å²) < 4.78 is 13.4. The zero-order valence-corrected chi connectivity index (χ0v) is 18.0. The number of carbonyl (C=O) groups excluding carboxylic acids is 2. The van der Waals surface area contributed by atoms with Crippen molar-refractivity contribution in [2.45, 2.75) is 50.7 Å². The van der Waals surface area contributed by atoms with Gasteiger partial charge in [0.1, 0.15) is 5.82 Å². The van der Waals surface area contributed by atoms with Gasteiger partial charge in [-0.25, -0.2) is 4.39 Å². The number of nitrogens with zero attached hydrogens (tertiary/aromatic N) is 3. The molecule has 0 spiro atoms. The highest BCUT2D eigenvalue weighted by Crippen LogP contribution is 2.25. The minimum atomic E-state index is -0.528. The van der Waals surface area contributed by atoms with E-state index in [0.29, 0.717) is 30.7 Å². The van der Waals surface area contributed by atoms with Crippen LogP contribution in [0.3, 0.4) is 0 Å². The Kier molecular flexibility index (Phi) is 6.91. The van der Waals surface area contributed by atoms with E-state index in [1.807, 2.05) is 9.80 Å². The molecule has 1 aromatic rings. The Morgan fingerprint density at radius 3 is 2.57 bits per heavy atom. The van der Waals surface area contributed by atoms with Gasteiger partial charge in [0.05, 0.1) is 12.5 Å². The average Bonchev–Trinajstić information content (AvgIpc) is 3.27. The van der Waals surface area contributed by atoms with Gasteiger partial charge in [0.25, 0.3) is 0 Å². The lowest BCUT2D eigenvalue weighted by molar-refractivity contribution is -0.140. The second-order valence-corrected chi connectivity index (χ2v) is 8.98. The van der Waals surface area contributed by atoms with E-state index in [1.165, 1.54) is 37.8 Å². The van der Waals surface area contributed by atoms with E-state index in [1.54, 1.807) is 6.07 Å². The molecule has 2 amide bonds. The van der Waals surface area contributed by atoms with Gasteiger partial charge in [-0.1, -0.05) is 30.5 Å². The standard InChI is InChI=1S/C22H30ClFN4O2/c23-19-13-17(24)6-5-16(19)15-28-8-7-25-22(30)20(28)14-21(29)27-11-9-26(10-12-27)18-3-1-2-4-18/h5-6,13,18,20H,1-4,7-12,14-15H2,(H,25,30). The summed E-state index contributed by atoms with van der Waals surface area (Å²) in [5, 5.41) is 3.21. The highest BCUT2D eigenvalue weighted by molar-refractivity contribution is 6.31. The van der Waals surface area contributed by atoms with Crippen LogP contribution in [0.25, 0.3) is 0 Å². The van der Waals surface area contributed by atoms with E-state index in [2.05, 4.69) is 10.2 Å². The fraction of sp³-hybridized carbons (Fsp3) is 0.636. The van der Waals surface area contributed by atoms with Crippen molar-refractivity contribution in [3.63, 3.8) is 0 Å². The van der Waals surface area contributed by atoms with Gasteiger partial charge in [-0.2, -0.15) is 0 Å². The number of hydrogen-bond donors (Lipinski definition) is 1. The summed E-state index contributed by atoms with van der Waals surface area (Å²) in [6.45, 7) is 4.88. The molecule has 2 aliphatic heterocycles. The molecular weight excluding hydrogens is 407 g/mol. The Morgan fingerprint density at radius 2 is 1.87 bits per heavy atom. The second-order valence-electron chi connectivity index (χ2n) is 8.57. The number of amides is 2. The summed E-state index contributed by atoms with van der Waals surface area (Å²) in [5.41, 5.74) is 0.760. The minimum Gasteiger partial charge on any atom is -0.353 e. The minimum absolute atomic E-state index is 0.0262. The molecule has 8 heteroatoms. The highest BCUT2D eigenvalue weighted by Gasteiger charge is 2.34. The summed E-state index contributed by atoms with van der Waals surface area (Å²) in [7, 11) is 0. The molecule has 1 aromatic carbocycles. The van der Waals surface area contributed by atoms with Crippen LogP contribution in [0.1, 0.15) is 37.7 Å². The Hall–Kier alpha value is -1.70. The Balaban J connectivity index is 1.36. The SMILES string of the molecule is O=C1NCCN(Cc2ccc(F)cc2Cl)C1CC(=O)N1CCN(C2CCCC2)CC1. The van der Waals surface area contributed by atoms with E-state index in [4.69, 9.17) is 11.6 Å². The molecule has 4 rings (SSSR count). The van der Waals surface area contributed by atoms with Gasteiger partial charge in [-0.15, -0.1) is 0 Å². The van der Waals surface area contributed by atoms with E-state index >= 15 is 0 Å². The third kappa shape index (κ3) is 4.95. The van der Waals surface area contributed by atoms with E-state index in [0.717, 1.165) is 31.7 Å². The molecule has 1 saturated carbocycles. The molecule has 3 aliphatic rings. The Labute approximate surface area is 182 Å². The van der Waals surface area contributed by atoms with Crippen LogP contribution < -0.4 is 5.32 Å². The third-order valence-electron chi connectivity index (χ3n) is 6.71. The molecule has 1 unspecified atom stereocenters. The first-order valence-corrected chi connectivity index (χ1v) is 11.4. The van der Waals surface area contributed by atoms with E-state index < -0.39 is 6.04 Å². The lowest BCUT2D eigenvalue weighted by atomic mass is 10.1. The van der Waals surface area contributed by atoms with Gasteiger partial charge in [-0.3, -0.25) is 19.4 Å². The molecular formula is C22H30ClFN4O2. The predicted octanol–water partition coefficient (Wildman–Crippen LogP) is 2.26. The molecule has 1 aliphatic carbocycles. The number of nitrogens with one attached hydrogen (secondary N) is 1. The van der Waals surface area contributed by atoms with Crippen LogP contribution in [0.2, 0.25) is 5.02 Å². The van der Waals surface area contributed by atoms with Gasteiger partial charge < -0.3 is 10.2 Å². The van der Waals surface area contributed by atoms with Gasteiger partial charge in [0, 0.05) is 56.9 Å². The maximum Gasteiger partial charge on any atom is 0.237 e. The number of rotatable bonds is 5. The lowest BCUT2D eigenvalue weighted by Crippen LogP contribution is -2.57. The monoisotopic (exact) mass is 436 g/mol. The topological polar surface area (TPSA) is 55.9 Å². The number of benzene rings is 1. The van der Waals surface area contributed by atoms with Crippen molar-refractivity contribution in [3.05, 3.63) is 34.6 Å². The molecule has 0 aromatic heterocycles. The predicted molar refractivity (Wildman–Crippen MR) is 114 cm³/mol. The first-order valence-electron chi connectivity index (χ1n) is 11.0. The second kappa shape index (κ2) is 9.62. The average molecular weight is 437 g/mol. The van der Waals surface area contributed by atoms with Crippen LogP contribution in [0, 0.1) is 5.82 Å². The molecule has 6 nitrogen and oxygen atoms in total. The molecule has 30 heavy (non-hydrogen) atoms. The van der Waals surface area contributed by atoms with Crippen molar-refractivity contribution >= 4 is 23.4 Å². The maximum absolute atomic E-state index is 13.4. The highest BCUT2D eigenvalue weighted by atomic mass is 35.5. The molecule has 2 heterocycles. The number of carbonyl (C=O) groups is 2. The molecule has 1 atom stereocenters. The van der Waals surface area contributed by atoms with Gasteiger partial charge in [-0.05, 0) is 30.5 Å². The van der Waals surface area contributed by atoms with Crippen LogP contribution >= 0.6 is 11.6 Å². The fourth-order valence-electron chi connectivity index (χ4n) is 4.94. The summed E-state index contributed by atoms with van der Waals surface area (Å²) in [6.07, 6.45) is 5.34. The van der Waals surface area contributed by atoms with E-state index in [9.17, 15) is 14.0 Å². The molecule has 2 saturated heterocycles. The van der Waals surface area contributed by atoms with Crippen molar-refractivity contribution in [1.82, 2.24) is 20.0 Å². The molecule has 1 N–H and O–H groups in total. The molecule has 164 valence electrons. The van der Waals surface area contributed by atoms with Crippen molar-refractivity contribution < 1.29 is 14.0 Å². The maximum atomic E-state index is 13.4. The third-order valence-corrected chi connectivity index (χ3v) is 7.06. The number of halogens is 2. The van der Waals surface area contributed by atoms with Crippen molar-refractivity contribution in [3.8, 4) is 0 Å². The van der Waals surface area contributed by atoms with Crippen molar-refractivity contribution in [2.75, 3.05) is 39.3 Å². The quantitative estimate of drug-likeness (QED) is 0.769. The van der Waals surface area contributed by atoms with Gasteiger partial charge >= 0.3 is 0 Å². The lowest BCUT2D eigenvalue weighted by Gasteiger charge is -2.40. The summed E-state index contributed by atoms with van der Waals surface area (Å²) >= 11 is 6.18. The van der Waals surface area contributed by atoms with Crippen LogP contribution in [0.5, 0.6) is 0 Å². The van der Waals surface area contributed by atoms with Gasteiger partial charge in [0.15, 0.2) is 0 Å². The summed E-state index contributed by atoms with van der Waals surface area (Å²) in [4.78, 5) is 31.9. The summed E-state index contributed by atoms with van der Waals surface area (Å²) in [5.74, 6) is -0.487. The number of hydrogen-bond acceptors (Lipinski definition) is 4. The van der Waals surface area contributed by atoms with Crippen LogP contribution in [0.15, 0.2) is 18.2 Å². The molecule has 0 bridgehead atoms. The largest absolute Gasteiger partial charge is 0.353 e. The van der Waals surface area contributed by atoms with Crippen LogP contribution in [-0.4, -0.2) is 77.9 Å². The molecule has 0 radical (unpaired) electrons. The zero-order chi connectivity index (χ0) is 21.1. The smallest absolute Gasteiger partial charge is 0.237 e. The Bertz CT molecular complexity index is 778. The first-order chi connectivity index (χ1) is 14.5. The van der Waals surface area contributed by atoms with Crippen molar-refractivity contribution in [2.24, 2.45) is 0 Å². The van der Waals surface area contributed by atoms with Crippen LogP contribution in [0.4, 0.5) is 4.39 Å². The fourth-order valence-corrected chi connectivity index (χ4v) is 5.17. The summed E-state index contributed by atoms with van der Waals surface area (Å²) in [6, 6.07) is 4.45. The number of piperazine rings is 2. The normalized spacial score (nSPS) is 24.3. The van der Waals surface area contributed by atoms with E-state index in [-0.39, 0.29) is 24.1 Å². The van der Waals surface area contributed by atoms with Gasteiger partial charge in [0.2, 0.25) is 11.8 Å². The molecule has 3 fully saturated rings. The first kappa shape index (κ1) is 21.5. The zero-order valence-electron chi connectivity index (χ0n) is 17.3. The van der Waals surface area contributed by atoms with Crippen molar-refractivity contribution in [1.29, 1.82) is 0 Å².